The van der Waals surface area contributed by atoms with E-state index in [0.717, 1.165) is 17.7 Å². The second kappa shape index (κ2) is 16.3. The zero-order valence-corrected chi connectivity index (χ0v) is 23.3. The lowest BCUT2D eigenvalue weighted by Gasteiger charge is -2.27. The van der Waals surface area contributed by atoms with Crippen molar-refractivity contribution in [1.82, 2.24) is 15.5 Å². The zero-order valence-electron chi connectivity index (χ0n) is 23.3. The van der Waals surface area contributed by atoms with Crippen molar-refractivity contribution in [2.75, 3.05) is 38.3 Å². The van der Waals surface area contributed by atoms with Crippen LogP contribution >= 0.6 is 0 Å². The average molecular weight is 589 g/mol. The van der Waals surface area contributed by atoms with Crippen LogP contribution in [0.15, 0.2) is 18.2 Å². The Kier molecular flexibility index (Phi) is 12.6. The molecular formula is C28H36N4O10. The third-order valence-electron chi connectivity index (χ3n) is 6.66. The van der Waals surface area contributed by atoms with Crippen molar-refractivity contribution in [1.29, 1.82) is 0 Å². The van der Waals surface area contributed by atoms with Crippen LogP contribution in [0.3, 0.4) is 0 Å². The molecule has 0 radical (unpaired) electrons. The number of carbonyl (C=O) groups is 7. The summed E-state index contributed by atoms with van der Waals surface area (Å²) in [4.78, 5) is 84.9. The molecule has 0 bridgehead atoms. The summed E-state index contributed by atoms with van der Waals surface area (Å²) >= 11 is 0. The van der Waals surface area contributed by atoms with Gasteiger partial charge in [-0.2, -0.15) is 0 Å². The molecule has 1 saturated heterocycles. The van der Waals surface area contributed by atoms with Crippen LogP contribution in [0.25, 0.3) is 0 Å². The van der Waals surface area contributed by atoms with E-state index in [0.29, 0.717) is 45.8 Å². The molecule has 1 aromatic rings. The number of benzene rings is 1. The predicted molar refractivity (Wildman–Crippen MR) is 146 cm³/mol. The van der Waals surface area contributed by atoms with Crippen molar-refractivity contribution in [3.8, 4) is 0 Å². The van der Waals surface area contributed by atoms with Crippen LogP contribution in [0, 0.1) is 0 Å². The fourth-order valence-corrected chi connectivity index (χ4v) is 4.53. The Balaban J connectivity index is 1.27. The summed E-state index contributed by atoms with van der Waals surface area (Å²) in [7, 11) is 0. The number of piperidine rings is 1. The SMILES string of the molecule is O=C(O)CCC(=O)NCCCOCCOCCCCCC(=O)Nc1cccc2c1C(=O)N(C1CCC(=O)NC1=O)C2=O. The molecule has 228 valence electrons. The van der Waals surface area contributed by atoms with E-state index in [1.807, 2.05) is 0 Å². The minimum atomic E-state index is -1.08. The van der Waals surface area contributed by atoms with Gasteiger partial charge < -0.3 is 25.2 Å². The number of unbranched alkanes of at least 4 members (excludes halogenated alkanes) is 2. The summed E-state index contributed by atoms with van der Waals surface area (Å²) in [6, 6.07) is 3.47. The highest BCUT2D eigenvalue weighted by atomic mass is 16.5. The molecule has 0 spiro atoms. The zero-order chi connectivity index (χ0) is 30.5. The first kappa shape index (κ1) is 32.3. The summed E-state index contributed by atoms with van der Waals surface area (Å²) in [6.45, 7) is 2.17. The van der Waals surface area contributed by atoms with Crippen LogP contribution in [0.5, 0.6) is 0 Å². The summed E-state index contributed by atoms with van der Waals surface area (Å²) in [5, 5.41) is 16.0. The first-order valence-electron chi connectivity index (χ1n) is 14.0. The van der Waals surface area contributed by atoms with Gasteiger partial charge in [-0.3, -0.25) is 43.8 Å². The summed E-state index contributed by atoms with van der Waals surface area (Å²) in [5.74, 6) is -4.08. The van der Waals surface area contributed by atoms with Gasteiger partial charge in [0.1, 0.15) is 6.04 Å². The number of carboxylic acids is 1. The van der Waals surface area contributed by atoms with E-state index >= 15 is 0 Å². The number of nitrogens with one attached hydrogen (secondary N) is 3. The minimum Gasteiger partial charge on any atom is -0.481 e. The van der Waals surface area contributed by atoms with Gasteiger partial charge in [0.05, 0.1) is 36.4 Å². The van der Waals surface area contributed by atoms with E-state index in [2.05, 4.69) is 16.0 Å². The van der Waals surface area contributed by atoms with E-state index in [1.54, 1.807) is 6.07 Å². The molecule has 1 unspecified atom stereocenters. The Labute approximate surface area is 242 Å². The summed E-state index contributed by atoms with van der Waals surface area (Å²) in [5.41, 5.74) is 0.342. The van der Waals surface area contributed by atoms with Crippen LogP contribution in [-0.2, 0) is 33.4 Å². The molecule has 4 N–H and O–H groups in total. The van der Waals surface area contributed by atoms with Crippen molar-refractivity contribution in [2.24, 2.45) is 0 Å². The Morgan fingerprint density at radius 1 is 0.881 bits per heavy atom. The highest BCUT2D eigenvalue weighted by Gasteiger charge is 2.45. The molecule has 42 heavy (non-hydrogen) atoms. The van der Waals surface area contributed by atoms with Gasteiger partial charge in [-0.1, -0.05) is 12.5 Å². The van der Waals surface area contributed by atoms with Crippen LogP contribution in [0.4, 0.5) is 5.69 Å². The van der Waals surface area contributed by atoms with Crippen molar-refractivity contribution in [3.05, 3.63) is 29.3 Å². The molecule has 0 aliphatic carbocycles. The summed E-state index contributed by atoms with van der Waals surface area (Å²) in [6.07, 6.45) is 2.72. The van der Waals surface area contributed by atoms with E-state index in [-0.39, 0.29) is 60.7 Å². The Hall–Kier alpha value is -4.17. The number of rotatable bonds is 18. The van der Waals surface area contributed by atoms with Crippen LogP contribution < -0.4 is 16.0 Å². The Morgan fingerprint density at radius 2 is 1.62 bits per heavy atom. The number of aliphatic carboxylic acids is 1. The highest BCUT2D eigenvalue weighted by molar-refractivity contribution is 6.26. The molecule has 3 rings (SSSR count). The number of imide groups is 2. The Morgan fingerprint density at radius 3 is 2.33 bits per heavy atom. The van der Waals surface area contributed by atoms with Crippen molar-refractivity contribution in [3.63, 3.8) is 0 Å². The smallest absolute Gasteiger partial charge is 0.303 e. The van der Waals surface area contributed by atoms with Gasteiger partial charge >= 0.3 is 5.97 Å². The molecule has 2 aliphatic rings. The monoisotopic (exact) mass is 588 g/mol. The van der Waals surface area contributed by atoms with Gasteiger partial charge in [0, 0.05) is 39.0 Å². The molecule has 2 heterocycles. The lowest BCUT2D eigenvalue weighted by Crippen LogP contribution is -2.54. The van der Waals surface area contributed by atoms with Crippen molar-refractivity contribution in [2.45, 2.75) is 63.8 Å². The van der Waals surface area contributed by atoms with Gasteiger partial charge in [-0.05, 0) is 37.8 Å². The fraction of sp³-hybridized carbons (Fsp3) is 0.536. The fourth-order valence-electron chi connectivity index (χ4n) is 4.53. The maximum atomic E-state index is 13.1. The van der Waals surface area contributed by atoms with Gasteiger partial charge in [-0.25, -0.2) is 0 Å². The Bertz CT molecular complexity index is 1200. The predicted octanol–water partition coefficient (Wildman–Crippen LogP) is 0.991. The number of amides is 6. The number of anilines is 1. The van der Waals surface area contributed by atoms with Gasteiger partial charge in [-0.15, -0.1) is 0 Å². The minimum absolute atomic E-state index is 0.0219. The largest absolute Gasteiger partial charge is 0.481 e. The molecule has 1 aromatic carbocycles. The van der Waals surface area contributed by atoms with Crippen molar-refractivity contribution >= 4 is 47.1 Å². The molecule has 14 nitrogen and oxygen atoms in total. The van der Waals surface area contributed by atoms with Gasteiger partial charge in [0.25, 0.3) is 11.8 Å². The molecule has 1 atom stereocenters. The van der Waals surface area contributed by atoms with E-state index in [9.17, 15) is 33.6 Å². The molecule has 6 amide bonds. The maximum absolute atomic E-state index is 13.1. The first-order chi connectivity index (χ1) is 20.2. The number of hydrogen-bond donors (Lipinski definition) is 4. The number of carboxylic acid groups (broad SMARTS) is 1. The molecule has 14 heteroatoms. The lowest BCUT2D eigenvalue weighted by molar-refractivity contribution is -0.139. The second-order valence-corrected chi connectivity index (χ2v) is 9.86. The lowest BCUT2D eigenvalue weighted by atomic mass is 10.0. The molecule has 0 aromatic heterocycles. The summed E-state index contributed by atoms with van der Waals surface area (Å²) < 4.78 is 10.9. The van der Waals surface area contributed by atoms with E-state index < -0.39 is 35.6 Å². The van der Waals surface area contributed by atoms with Gasteiger partial charge in [0.15, 0.2) is 0 Å². The normalized spacial score (nSPS) is 16.3. The average Bonchev–Trinajstić information content (AvgIpc) is 3.20. The van der Waals surface area contributed by atoms with E-state index in [1.165, 1.54) is 12.1 Å². The van der Waals surface area contributed by atoms with Crippen LogP contribution in [0.2, 0.25) is 0 Å². The van der Waals surface area contributed by atoms with Crippen molar-refractivity contribution < 1.29 is 48.1 Å². The number of nitrogens with zero attached hydrogens (tertiary/aromatic N) is 1. The molecule has 2 aliphatic heterocycles. The number of ether oxygens (including phenoxy) is 2. The number of carbonyl (C=O) groups excluding carboxylic acids is 6. The maximum Gasteiger partial charge on any atom is 0.303 e. The standard InChI is InChI=1S/C28H36N4O10/c33-21(11-12-24(36)37)29-13-5-15-42-17-16-41-14-3-1-2-8-22(34)30-19-7-4-6-18-25(19)28(40)32(27(18)39)20-9-10-23(35)31-26(20)38/h4,6-7,20H,1-3,5,8-17H2,(H,29,33)(H,30,34)(H,36,37)(H,31,35,38). The van der Waals surface area contributed by atoms with Crippen LogP contribution in [-0.4, -0.2) is 90.4 Å². The number of hydrogen-bond acceptors (Lipinski definition) is 9. The first-order valence-corrected chi connectivity index (χ1v) is 14.0. The third-order valence-corrected chi connectivity index (χ3v) is 6.66. The quantitative estimate of drug-likeness (QED) is 0.142. The molecule has 0 saturated carbocycles. The second-order valence-electron chi connectivity index (χ2n) is 9.86. The topological polar surface area (TPSA) is 198 Å². The van der Waals surface area contributed by atoms with Gasteiger partial charge in [0.2, 0.25) is 23.6 Å². The molecular weight excluding hydrogens is 552 g/mol. The number of fused-ring (bicyclic) bond motifs is 1. The third kappa shape index (κ3) is 9.45. The van der Waals surface area contributed by atoms with E-state index in [4.69, 9.17) is 14.6 Å². The van der Waals surface area contributed by atoms with Crippen LogP contribution in [0.1, 0.15) is 78.5 Å². The molecule has 1 fully saturated rings. The highest BCUT2D eigenvalue weighted by Crippen LogP contribution is 2.32.